The van der Waals surface area contributed by atoms with Crippen LogP contribution in [0.3, 0.4) is 0 Å². The Hall–Kier alpha value is -1.85. The van der Waals surface area contributed by atoms with Crippen LogP contribution in [0.15, 0.2) is 36.5 Å². The van der Waals surface area contributed by atoms with Crippen LogP contribution in [0.25, 0.3) is 10.3 Å². The second-order valence-electron chi connectivity index (χ2n) is 4.16. The van der Waals surface area contributed by atoms with E-state index >= 15 is 0 Å². The van der Waals surface area contributed by atoms with Gasteiger partial charge in [-0.2, -0.15) is 0 Å². The molecule has 0 spiro atoms. The van der Waals surface area contributed by atoms with Crippen molar-refractivity contribution >= 4 is 44.9 Å². The average Bonchev–Trinajstić information content (AvgIpc) is 2.83. The Bertz CT molecular complexity index is 729. The highest BCUT2D eigenvalue weighted by molar-refractivity contribution is 7.21. The molecule has 0 saturated heterocycles. The van der Waals surface area contributed by atoms with E-state index in [1.165, 1.54) is 0 Å². The van der Waals surface area contributed by atoms with Crippen molar-refractivity contribution < 1.29 is 4.74 Å². The number of thiazole rings is 1. The molecule has 1 N–H and O–H groups in total. The lowest BCUT2D eigenvalue weighted by atomic mass is 10.3. The minimum Gasteiger partial charge on any atom is -0.497 e. The number of aryl methyl sites for hydroxylation is 1. The summed E-state index contributed by atoms with van der Waals surface area (Å²) in [4.78, 5) is 9.85. The van der Waals surface area contributed by atoms with Crippen LogP contribution < -0.4 is 10.1 Å². The third-order valence-electron chi connectivity index (χ3n) is 2.82. The van der Waals surface area contributed by atoms with E-state index in [-0.39, 0.29) is 12.4 Å². The Morgan fingerprint density at radius 1 is 1.25 bits per heavy atom. The molecule has 0 aliphatic rings. The van der Waals surface area contributed by atoms with Gasteiger partial charge in [0.1, 0.15) is 16.1 Å². The predicted molar refractivity (Wildman–Crippen MR) is 85.7 cm³/mol. The molecule has 2 aromatic heterocycles. The molecule has 6 heteroatoms. The van der Waals surface area contributed by atoms with Crippen LogP contribution in [-0.2, 0) is 0 Å². The maximum atomic E-state index is 5.20. The minimum absolute atomic E-state index is 0. The second-order valence-corrected chi connectivity index (χ2v) is 5.14. The Balaban J connectivity index is 0.00000147. The lowest BCUT2D eigenvalue weighted by molar-refractivity contribution is 0.415. The first-order valence-electron chi connectivity index (χ1n) is 5.89. The number of methoxy groups -OCH3 is 1. The van der Waals surface area contributed by atoms with Crippen molar-refractivity contribution in [1.29, 1.82) is 0 Å². The van der Waals surface area contributed by atoms with E-state index in [2.05, 4.69) is 15.3 Å². The van der Waals surface area contributed by atoms with Crippen molar-refractivity contribution in [2.24, 2.45) is 0 Å². The normalized spacial score (nSPS) is 10.1. The number of nitrogens with zero attached hydrogens (tertiary/aromatic N) is 2. The summed E-state index contributed by atoms with van der Waals surface area (Å²) in [5.41, 5.74) is 3.05. The van der Waals surface area contributed by atoms with E-state index in [4.69, 9.17) is 4.74 Å². The van der Waals surface area contributed by atoms with Gasteiger partial charge in [0.25, 0.3) is 0 Å². The van der Waals surface area contributed by atoms with Crippen LogP contribution in [0.4, 0.5) is 10.8 Å². The number of benzene rings is 1. The summed E-state index contributed by atoms with van der Waals surface area (Å²) in [6.45, 7) is 2.04. The Morgan fingerprint density at radius 2 is 2.10 bits per heavy atom. The molecule has 0 amide bonds. The highest BCUT2D eigenvalue weighted by Gasteiger charge is 2.07. The van der Waals surface area contributed by atoms with Gasteiger partial charge in [0.15, 0.2) is 5.13 Å². The van der Waals surface area contributed by atoms with Crippen molar-refractivity contribution in [3.05, 3.63) is 42.1 Å². The van der Waals surface area contributed by atoms with Gasteiger partial charge in [-0.05, 0) is 30.7 Å². The molecular formula is C14H14ClN3OS. The standard InChI is InChI=1S/C14H13N3OS.ClH/c1-9-6-7-15-13-12(9)17-14(19-13)16-10-4-3-5-11(8-10)18-2;/h3-8H,1-2H3,(H,16,17);1H. The van der Waals surface area contributed by atoms with Crippen molar-refractivity contribution in [3.8, 4) is 5.75 Å². The van der Waals surface area contributed by atoms with Gasteiger partial charge in [0.2, 0.25) is 0 Å². The van der Waals surface area contributed by atoms with E-state index in [9.17, 15) is 0 Å². The summed E-state index contributed by atoms with van der Waals surface area (Å²) in [6, 6.07) is 9.74. The van der Waals surface area contributed by atoms with Gasteiger partial charge in [-0.1, -0.05) is 17.4 Å². The lowest BCUT2D eigenvalue weighted by Crippen LogP contribution is -1.90. The zero-order chi connectivity index (χ0) is 13.2. The molecule has 0 unspecified atom stereocenters. The maximum Gasteiger partial charge on any atom is 0.189 e. The molecule has 0 fully saturated rings. The van der Waals surface area contributed by atoms with Crippen molar-refractivity contribution in [2.45, 2.75) is 6.92 Å². The molecule has 104 valence electrons. The number of ether oxygens (including phenoxy) is 1. The molecule has 1 aromatic carbocycles. The SMILES string of the molecule is COc1cccc(Nc2nc3c(C)ccnc3s2)c1.Cl. The highest BCUT2D eigenvalue weighted by atomic mass is 35.5. The Kier molecular flexibility index (Phi) is 4.42. The number of pyridine rings is 1. The van der Waals surface area contributed by atoms with Gasteiger partial charge in [-0.25, -0.2) is 9.97 Å². The Labute approximate surface area is 127 Å². The largest absolute Gasteiger partial charge is 0.497 e. The molecular weight excluding hydrogens is 294 g/mol. The summed E-state index contributed by atoms with van der Waals surface area (Å²) >= 11 is 1.55. The Morgan fingerprint density at radius 3 is 2.85 bits per heavy atom. The summed E-state index contributed by atoms with van der Waals surface area (Å²) < 4.78 is 5.20. The number of hydrogen-bond acceptors (Lipinski definition) is 5. The fourth-order valence-electron chi connectivity index (χ4n) is 1.83. The number of anilines is 2. The van der Waals surface area contributed by atoms with Crippen molar-refractivity contribution in [1.82, 2.24) is 9.97 Å². The van der Waals surface area contributed by atoms with Crippen molar-refractivity contribution in [2.75, 3.05) is 12.4 Å². The zero-order valence-corrected chi connectivity index (χ0v) is 12.7. The third-order valence-corrected chi connectivity index (χ3v) is 3.70. The number of hydrogen-bond donors (Lipinski definition) is 1. The first-order valence-corrected chi connectivity index (χ1v) is 6.71. The number of fused-ring (bicyclic) bond motifs is 1. The summed E-state index contributed by atoms with van der Waals surface area (Å²) in [7, 11) is 1.66. The molecule has 4 nitrogen and oxygen atoms in total. The van der Waals surface area contributed by atoms with Crippen molar-refractivity contribution in [3.63, 3.8) is 0 Å². The van der Waals surface area contributed by atoms with E-state index in [0.717, 1.165) is 32.5 Å². The zero-order valence-electron chi connectivity index (χ0n) is 11.1. The number of rotatable bonds is 3. The van der Waals surface area contributed by atoms with Gasteiger partial charge in [-0.3, -0.25) is 0 Å². The van der Waals surface area contributed by atoms with Gasteiger partial charge in [0, 0.05) is 18.0 Å². The molecule has 3 rings (SSSR count). The lowest BCUT2D eigenvalue weighted by Gasteiger charge is -2.04. The van der Waals surface area contributed by atoms with E-state index in [0.29, 0.717) is 0 Å². The number of aromatic nitrogens is 2. The number of halogens is 1. The van der Waals surface area contributed by atoms with Gasteiger partial charge in [0.05, 0.1) is 7.11 Å². The van der Waals surface area contributed by atoms with Crippen LogP contribution in [-0.4, -0.2) is 17.1 Å². The van der Waals surface area contributed by atoms with Gasteiger partial charge < -0.3 is 10.1 Å². The molecule has 20 heavy (non-hydrogen) atoms. The van der Waals surface area contributed by atoms with Gasteiger partial charge >= 0.3 is 0 Å². The number of nitrogens with one attached hydrogen (secondary N) is 1. The summed E-state index contributed by atoms with van der Waals surface area (Å²) in [5, 5.41) is 4.12. The smallest absolute Gasteiger partial charge is 0.189 e. The topological polar surface area (TPSA) is 47.0 Å². The first kappa shape index (κ1) is 14.6. The average molecular weight is 308 g/mol. The van der Waals surface area contributed by atoms with Crippen LogP contribution in [0.1, 0.15) is 5.56 Å². The monoisotopic (exact) mass is 307 g/mol. The quantitative estimate of drug-likeness (QED) is 0.788. The summed E-state index contributed by atoms with van der Waals surface area (Å²) in [5.74, 6) is 0.820. The van der Waals surface area contributed by atoms with Gasteiger partial charge in [-0.15, -0.1) is 12.4 Å². The first-order chi connectivity index (χ1) is 9.26. The third kappa shape index (κ3) is 2.84. The molecule has 0 aliphatic carbocycles. The van der Waals surface area contributed by atoms with E-state index in [1.807, 2.05) is 43.5 Å². The molecule has 0 aliphatic heterocycles. The molecule has 0 saturated carbocycles. The van der Waals surface area contributed by atoms with Crippen LogP contribution in [0, 0.1) is 6.92 Å². The van der Waals surface area contributed by atoms with E-state index in [1.54, 1.807) is 18.4 Å². The minimum atomic E-state index is 0. The fourth-order valence-corrected chi connectivity index (χ4v) is 2.74. The highest BCUT2D eigenvalue weighted by Crippen LogP contribution is 2.29. The second kappa shape index (κ2) is 6.07. The molecule has 0 bridgehead atoms. The molecule has 0 radical (unpaired) electrons. The summed E-state index contributed by atoms with van der Waals surface area (Å²) in [6.07, 6.45) is 1.81. The molecule has 3 aromatic rings. The molecule has 2 heterocycles. The fraction of sp³-hybridized carbons (Fsp3) is 0.143. The van der Waals surface area contributed by atoms with E-state index < -0.39 is 0 Å². The molecule has 0 atom stereocenters. The van der Waals surface area contributed by atoms with Crippen LogP contribution in [0.5, 0.6) is 5.75 Å². The predicted octanol–water partition coefficient (Wildman–Crippen LogP) is 4.17. The van der Waals surface area contributed by atoms with Crippen LogP contribution >= 0.6 is 23.7 Å². The van der Waals surface area contributed by atoms with Crippen LogP contribution in [0.2, 0.25) is 0 Å². The maximum absolute atomic E-state index is 5.20.